The average Bonchev–Trinajstić information content (AvgIpc) is 2.55. The minimum atomic E-state index is -0.404. The second-order valence-corrected chi connectivity index (χ2v) is 6.13. The highest BCUT2D eigenvalue weighted by Gasteiger charge is 2.15. The summed E-state index contributed by atoms with van der Waals surface area (Å²) in [6.07, 6.45) is 8.20. The van der Waals surface area contributed by atoms with E-state index in [1.165, 1.54) is 19.3 Å². The van der Waals surface area contributed by atoms with Crippen LogP contribution in [0.25, 0.3) is 0 Å². The molecule has 0 aromatic heterocycles. The molecule has 1 aliphatic rings. The van der Waals surface area contributed by atoms with Gasteiger partial charge >= 0.3 is 0 Å². The minimum Gasteiger partial charge on any atom is -0.490 e. The van der Waals surface area contributed by atoms with Gasteiger partial charge < -0.3 is 15.8 Å². The Labute approximate surface area is 133 Å². The van der Waals surface area contributed by atoms with Gasteiger partial charge in [0.2, 0.25) is 5.91 Å². The van der Waals surface area contributed by atoms with Crippen molar-refractivity contribution in [3.05, 3.63) is 29.8 Å². The maximum Gasteiger partial charge on any atom is 0.237 e. The van der Waals surface area contributed by atoms with Crippen molar-refractivity contribution in [2.75, 3.05) is 0 Å². The summed E-state index contributed by atoms with van der Waals surface area (Å²) in [6.45, 7) is 2.54. The fourth-order valence-corrected chi connectivity index (χ4v) is 2.82. The van der Waals surface area contributed by atoms with Gasteiger partial charge in [0.05, 0.1) is 12.1 Å². The molecule has 3 N–H and O–H groups in total. The Kier molecular flexibility index (Phi) is 6.72. The molecule has 1 unspecified atom stereocenters. The zero-order valence-electron chi connectivity index (χ0n) is 13.5. The molecule has 0 radical (unpaired) electrons. The third-order valence-electron chi connectivity index (χ3n) is 4.18. The lowest BCUT2D eigenvalue weighted by atomic mass is 9.98. The number of ether oxygens (including phenoxy) is 1. The molecule has 22 heavy (non-hydrogen) atoms. The number of nitrogens with two attached hydrogens (primary N) is 1. The number of carbonyl (C=O) groups excluding carboxylic acids is 1. The van der Waals surface area contributed by atoms with Gasteiger partial charge in [-0.05, 0) is 49.8 Å². The fraction of sp³-hybridized carbons (Fsp3) is 0.611. The quantitative estimate of drug-likeness (QED) is 0.813. The van der Waals surface area contributed by atoms with Gasteiger partial charge in [-0.2, -0.15) is 0 Å². The molecule has 1 atom stereocenters. The van der Waals surface area contributed by atoms with Gasteiger partial charge in [0.1, 0.15) is 5.75 Å². The molecule has 1 fully saturated rings. The molecule has 1 aliphatic carbocycles. The van der Waals surface area contributed by atoms with Crippen molar-refractivity contribution in [1.82, 2.24) is 5.32 Å². The summed E-state index contributed by atoms with van der Waals surface area (Å²) in [5.74, 6) is 0.842. The second kappa shape index (κ2) is 8.79. The first kappa shape index (κ1) is 16.8. The summed E-state index contributed by atoms with van der Waals surface area (Å²) >= 11 is 0. The first-order valence-corrected chi connectivity index (χ1v) is 8.48. The normalized spacial score (nSPS) is 17.0. The SMILES string of the molecule is CCCC(N)C(=O)NCc1ccc(OC2CCCCC2)cc1. The van der Waals surface area contributed by atoms with Crippen LogP contribution in [0, 0.1) is 0 Å². The van der Waals surface area contributed by atoms with E-state index in [-0.39, 0.29) is 5.91 Å². The monoisotopic (exact) mass is 304 g/mol. The third kappa shape index (κ3) is 5.34. The first-order chi connectivity index (χ1) is 10.7. The Hall–Kier alpha value is -1.55. The minimum absolute atomic E-state index is 0.0793. The molecule has 1 aromatic carbocycles. The molecule has 0 bridgehead atoms. The van der Waals surface area contributed by atoms with E-state index in [1.54, 1.807) is 0 Å². The van der Waals surface area contributed by atoms with Crippen LogP contribution >= 0.6 is 0 Å². The zero-order valence-corrected chi connectivity index (χ0v) is 13.5. The lowest BCUT2D eigenvalue weighted by Crippen LogP contribution is -2.40. The number of benzene rings is 1. The molecule has 1 aromatic rings. The summed E-state index contributed by atoms with van der Waals surface area (Å²) in [7, 11) is 0. The number of hydrogen-bond donors (Lipinski definition) is 2. The molecular formula is C18H28N2O2. The smallest absolute Gasteiger partial charge is 0.237 e. The van der Waals surface area contributed by atoms with Gasteiger partial charge in [-0.1, -0.05) is 31.9 Å². The molecule has 122 valence electrons. The van der Waals surface area contributed by atoms with E-state index in [1.807, 2.05) is 31.2 Å². The Morgan fingerprint density at radius 1 is 1.27 bits per heavy atom. The van der Waals surface area contributed by atoms with Crippen LogP contribution in [0.15, 0.2) is 24.3 Å². The summed E-state index contributed by atoms with van der Waals surface area (Å²) in [5.41, 5.74) is 6.85. The van der Waals surface area contributed by atoms with Crippen LogP contribution in [0.1, 0.15) is 57.4 Å². The maximum absolute atomic E-state index is 11.8. The Bertz CT molecular complexity index is 453. The molecule has 4 heteroatoms. The highest BCUT2D eigenvalue weighted by molar-refractivity contribution is 5.81. The van der Waals surface area contributed by atoms with Crippen molar-refractivity contribution in [2.45, 2.75) is 70.6 Å². The molecule has 2 rings (SSSR count). The van der Waals surface area contributed by atoms with Crippen molar-refractivity contribution in [3.63, 3.8) is 0 Å². The van der Waals surface area contributed by atoms with Gasteiger partial charge in [-0.25, -0.2) is 0 Å². The van der Waals surface area contributed by atoms with E-state index in [0.29, 0.717) is 12.6 Å². The summed E-state index contributed by atoms with van der Waals surface area (Å²) in [4.78, 5) is 11.8. The van der Waals surface area contributed by atoms with Gasteiger partial charge in [0.15, 0.2) is 0 Å². The third-order valence-corrected chi connectivity index (χ3v) is 4.18. The standard InChI is InChI=1S/C18H28N2O2/c1-2-6-17(19)18(21)20-13-14-9-11-16(12-10-14)22-15-7-4-3-5-8-15/h9-12,15,17H,2-8,13,19H2,1H3,(H,20,21). The van der Waals surface area contributed by atoms with E-state index in [9.17, 15) is 4.79 Å². The molecule has 0 aliphatic heterocycles. The van der Waals surface area contributed by atoms with Crippen molar-refractivity contribution in [1.29, 1.82) is 0 Å². The van der Waals surface area contributed by atoms with Crippen LogP contribution in [-0.4, -0.2) is 18.1 Å². The number of rotatable bonds is 7. The Morgan fingerprint density at radius 2 is 1.95 bits per heavy atom. The number of amides is 1. The number of hydrogen-bond acceptors (Lipinski definition) is 3. The zero-order chi connectivity index (χ0) is 15.8. The number of carbonyl (C=O) groups is 1. The largest absolute Gasteiger partial charge is 0.490 e. The molecule has 1 saturated carbocycles. The Morgan fingerprint density at radius 3 is 2.59 bits per heavy atom. The predicted molar refractivity (Wildman–Crippen MR) is 88.7 cm³/mol. The summed E-state index contributed by atoms with van der Waals surface area (Å²) < 4.78 is 6.00. The molecule has 1 amide bonds. The lowest BCUT2D eigenvalue weighted by molar-refractivity contribution is -0.122. The Balaban J connectivity index is 1.77. The molecular weight excluding hydrogens is 276 g/mol. The van der Waals surface area contributed by atoms with Crippen LogP contribution in [-0.2, 0) is 11.3 Å². The van der Waals surface area contributed by atoms with Crippen LogP contribution in [0.3, 0.4) is 0 Å². The van der Waals surface area contributed by atoms with Gasteiger partial charge in [0.25, 0.3) is 0 Å². The molecule has 0 saturated heterocycles. The van der Waals surface area contributed by atoms with E-state index in [4.69, 9.17) is 10.5 Å². The highest BCUT2D eigenvalue weighted by atomic mass is 16.5. The highest BCUT2D eigenvalue weighted by Crippen LogP contribution is 2.23. The van der Waals surface area contributed by atoms with Gasteiger partial charge in [0, 0.05) is 6.54 Å². The predicted octanol–water partition coefficient (Wildman–Crippen LogP) is 3.14. The van der Waals surface area contributed by atoms with E-state index in [2.05, 4.69) is 5.32 Å². The van der Waals surface area contributed by atoms with Crippen LogP contribution in [0.4, 0.5) is 0 Å². The van der Waals surface area contributed by atoms with Crippen LogP contribution in [0.5, 0.6) is 5.75 Å². The van der Waals surface area contributed by atoms with Crippen molar-refractivity contribution in [3.8, 4) is 5.75 Å². The van der Waals surface area contributed by atoms with E-state index < -0.39 is 6.04 Å². The first-order valence-electron chi connectivity index (χ1n) is 8.48. The van der Waals surface area contributed by atoms with Crippen LogP contribution in [0.2, 0.25) is 0 Å². The molecule has 4 nitrogen and oxygen atoms in total. The second-order valence-electron chi connectivity index (χ2n) is 6.13. The average molecular weight is 304 g/mol. The number of nitrogens with one attached hydrogen (secondary N) is 1. The van der Waals surface area contributed by atoms with Crippen LogP contribution < -0.4 is 15.8 Å². The topological polar surface area (TPSA) is 64.4 Å². The van der Waals surface area contributed by atoms with Gasteiger partial charge in [-0.15, -0.1) is 0 Å². The lowest BCUT2D eigenvalue weighted by Gasteiger charge is -2.23. The van der Waals surface area contributed by atoms with Crippen molar-refractivity contribution in [2.24, 2.45) is 5.73 Å². The van der Waals surface area contributed by atoms with Gasteiger partial charge in [-0.3, -0.25) is 4.79 Å². The van der Waals surface area contributed by atoms with Crippen molar-refractivity contribution >= 4 is 5.91 Å². The molecule has 0 heterocycles. The van der Waals surface area contributed by atoms with Crippen molar-refractivity contribution < 1.29 is 9.53 Å². The summed E-state index contributed by atoms with van der Waals surface area (Å²) in [5, 5.41) is 2.88. The maximum atomic E-state index is 11.8. The summed E-state index contributed by atoms with van der Waals surface area (Å²) in [6, 6.07) is 7.58. The van der Waals surface area contributed by atoms with E-state index in [0.717, 1.165) is 37.0 Å². The van der Waals surface area contributed by atoms with E-state index >= 15 is 0 Å². The fourth-order valence-electron chi connectivity index (χ4n) is 2.82. The molecule has 0 spiro atoms.